The fourth-order valence-electron chi connectivity index (χ4n) is 4.33. The molecule has 0 radical (unpaired) electrons. The van der Waals surface area contributed by atoms with Crippen molar-refractivity contribution >= 4 is 68.2 Å². The Bertz CT molecular complexity index is 1200. The van der Waals surface area contributed by atoms with Crippen LogP contribution in [0.5, 0.6) is 0 Å². The number of carbonyl (C=O) groups excluding carboxylic acids is 2. The molecule has 0 saturated carbocycles. The van der Waals surface area contributed by atoms with Crippen LogP contribution in [0.1, 0.15) is 6.42 Å². The molecule has 0 aliphatic carbocycles. The number of morpholine rings is 1. The number of fused-ring (bicyclic) bond motifs is 1. The van der Waals surface area contributed by atoms with E-state index in [2.05, 4.69) is 4.90 Å². The zero-order valence-electron chi connectivity index (χ0n) is 18.9. The van der Waals surface area contributed by atoms with Gasteiger partial charge in [-0.15, -0.1) is 12.4 Å². The molecule has 5 rings (SSSR count). The van der Waals surface area contributed by atoms with Gasteiger partial charge < -0.3 is 9.64 Å². The van der Waals surface area contributed by atoms with E-state index in [4.69, 9.17) is 21.3 Å². The predicted molar refractivity (Wildman–Crippen MR) is 138 cm³/mol. The van der Waals surface area contributed by atoms with Crippen molar-refractivity contribution in [1.82, 2.24) is 9.88 Å². The van der Waals surface area contributed by atoms with Crippen molar-refractivity contribution in [3.05, 3.63) is 53.3 Å². The number of ether oxygens (including phenoxy) is 1. The SMILES string of the molecule is Cl.O=C1CC(C(=O)N(CCN2CCOCC2)c2nc3ccc(Cl)cc3s2)CN1c1ccc(F)cc1. The van der Waals surface area contributed by atoms with Crippen LogP contribution in [0.2, 0.25) is 5.02 Å². The summed E-state index contributed by atoms with van der Waals surface area (Å²) in [5, 5.41) is 1.22. The number of thiazole rings is 1. The number of amides is 2. The maximum absolute atomic E-state index is 13.7. The Labute approximate surface area is 217 Å². The standard InChI is InChI=1S/C24H24ClFN4O3S.ClH/c25-17-1-6-20-21(14-17)34-24(27-20)29(8-7-28-9-11-33-12-10-28)23(32)16-13-22(31)30(15-16)19-4-2-18(26)3-5-19;/h1-6,14,16H,7-13,15H2;1H. The van der Waals surface area contributed by atoms with Crippen molar-refractivity contribution in [1.29, 1.82) is 0 Å². The molecule has 0 bridgehead atoms. The average molecular weight is 539 g/mol. The first-order valence-electron chi connectivity index (χ1n) is 11.2. The van der Waals surface area contributed by atoms with Gasteiger partial charge in [0.15, 0.2) is 5.13 Å². The van der Waals surface area contributed by atoms with E-state index >= 15 is 0 Å². The highest BCUT2D eigenvalue weighted by molar-refractivity contribution is 7.22. The highest BCUT2D eigenvalue weighted by Crippen LogP contribution is 2.33. The first kappa shape index (κ1) is 25.8. The minimum absolute atomic E-state index is 0. The Morgan fingerprint density at radius 2 is 1.94 bits per heavy atom. The highest BCUT2D eigenvalue weighted by atomic mass is 35.5. The van der Waals surface area contributed by atoms with Crippen LogP contribution < -0.4 is 9.80 Å². The molecule has 0 spiro atoms. The van der Waals surface area contributed by atoms with Gasteiger partial charge >= 0.3 is 0 Å². The summed E-state index contributed by atoms with van der Waals surface area (Å²) in [6, 6.07) is 11.2. The van der Waals surface area contributed by atoms with Gasteiger partial charge in [0.25, 0.3) is 0 Å². The van der Waals surface area contributed by atoms with E-state index in [0.717, 1.165) is 23.3 Å². The molecule has 0 N–H and O–H groups in total. The number of aromatic nitrogens is 1. The molecule has 186 valence electrons. The van der Waals surface area contributed by atoms with E-state index in [1.807, 2.05) is 12.1 Å². The number of benzene rings is 2. The fourth-order valence-corrected chi connectivity index (χ4v) is 5.61. The molecule has 7 nitrogen and oxygen atoms in total. The van der Waals surface area contributed by atoms with Crippen LogP contribution in [0.25, 0.3) is 10.2 Å². The Balaban J connectivity index is 0.00000289. The molecule has 2 aromatic carbocycles. The van der Waals surface area contributed by atoms with Gasteiger partial charge in [-0.2, -0.15) is 0 Å². The smallest absolute Gasteiger partial charge is 0.234 e. The third-order valence-corrected chi connectivity index (χ3v) is 7.47. The van der Waals surface area contributed by atoms with Gasteiger partial charge in [-0.1, -0.05) is 22.9 Å². The third kappa shape index (κ3) is 5.76. The summed E-state index contributed by atoms with van der Waals surface area (Å²) in [5.74, 6) is -1.14. The number of anilines is 2. The van der Waals surface area contributed by atoms with Crippen molar-refractivity contribution in [2.24, 2.45) is 5.92 Å². The van der Waals surface area contributed by atoms with E-state index in [1.54, 1.807) is 28.0 Å². The molecule has 2 aliphatic heterocycles. The lowest BCUT2D eigenvalue weighted by Gasteiger charge is -2.30. The van der Waals surface area contributed by atoms with Gasteiger partial charge in [-0.3, -0.25) is 19.4 Å². The second kappa shape index (κ2) is 11.2. The third-order valence-electron chi connectivity index (χ3n) is 6.19. The summed E-state index contributed by atoms with van der Waals surface area (Å²) >= 11 is 7.57. The maximum atomic E-state index is 13.7. The van der Waals surface area contributed by atoms with Crippen LogP contribution in [0, 0.1) is 11.7 Å². The summed E-state index contributed by atoms with van der Waals surface area (Å²) in [7, 11) is 0. The molecule has 11 heteroatoms. The summed E-state index contributed by atoms with van der Waals surface area (Å²) in [6.45, 7) is 4.40. The van der Waals surface area contributed by atoms with Gasteiger partial charge in [0.05, 0.1) is 29.3 Å². The second-order valence-corrected chi connectivity index (χ2v) is 9.88. The van der Waals surface area contributed by atoms with Gasteiger partial charge in [0, 0.05) is 49.9 Å². The molecule has 3 heterocycles. The van der Waals surface area contributed by atoms with E-state index in [1.165, 1.54) is 23.5 Å². The molecule has 2 aliphatic rings. The Hall–Kier alpha value is -2.30. The summed E-state index contributed by atoms with van der Waals surface area (Å²) in [4.78, 5) is 36.7. The van der Waals surface area contributed by atoms with Crippen LogP contribution in [0.4, 0.5) is 15.2 Å². The number of hydrogen-bond donors (Lipinski definition) is 0. The fraction of sp³-hybridized carbons (Fsp3) is 0.375. The van der Waals surface area contributed by atoms with Crippen molar-refractivity contribution in [2.45, 2.75) is 6.42 Å². The molecule has 3 aromatic rings. The lowest BCUT2D eigenvalue weighted by Crippen LogP contribution is -2.45. The van der Waals surface area contributed by atoms with E-state index in [9.17, 15) is 14.0 Å². The molecule has 1 aromatic heterocycles. The largest absolute Gasteiger partial charge is 0.379 e. The first-order valence-corrected chi connectivity index (χ1v) is 12.4. The van der Waals surface area contributed by atoms with Gasteiger partial charge in [0.2, 0.25) is 11.8 Å². The van der Waals surface area contributed by atoms with E-state index in [-0.39, 0.29) is 43.0 Å². The Morgan fingerprint density at radius 1 is 1.20 bits per heavy atom. The highest BCUT2D eigenvalue weighted by Gasteiger charge is 2.38. The summed E-state index contributed by atoms with van der Waals surface area (Å²) < 4.78 is 19.7. The van der Waals surface area contributed by atoms with Crippen LogP contribution in [-0.4, -0.2) is 67.6 Å². The van der Waals surface area contributed by atoms with E-state index < -0.39 is 5.92 Å². The monoisotopic (exact) mass is 538 g/mol. The zero-order chi connectivity index (χ0) is 23.7. The van der Waals surface area contributed by atoms with Gasteiger partial charge in [-0.25, -0.2) is 9.37 Å². The number of hydrogen-bond acceptors (Lipinski definition) is 6. The molecule has 2 fully saturated rings. The normalized spacial score (nSPS) is 18.6. The van der Waals surface area contributed by atoms with Crippen LogP contribution >= 0.6 is 35.3 Å². The number of halogens is 3. The predicted octanol–water partition coefficient (Wildman–Crippen LogP) is 4.23. The molecule has 2 amide bonds. The quantitative estimate of drug-likeness (QED) is 0.469. The average Bonchev–Trinajstić information content (AvgIpc) is 3.43. The lowest BCUT2D eigenvalue weighted by molar-refractivity contribution is -0.124. The van der Waals surface area contributed by atoms with Crippen LogP contribution in [-0.2, 0) is 14.3 Å². The molecule has 35 heavy (non-hydrogen) atoms. The molecule has 1 unspecified atom stereocenters. The Kier molecular flexibility index (Phi) is 8.23. The minimum atomic E-state index is -0.502. The summed E-state index contributed by atoms with van der Waals surface area (Å²) in [5.41, 5.74) is 1.38. The van der Waals surface area contributed by atoms with Crippen LogP contribution in [0.3, 0.4) is 0 Å². The summed E-state index contributed by atoms with van der Waals surface area (Å²) in [6.07, 6.45) is 0.112. The van der Waals surface area contributed by atoms with Gasteiger partial charge in [-0.05, 0) is 42.5 Å². The number of nitrogens with zero attached hydrogens (tertiary/aromatic N) is 4. The lowest BCUT2D eigenvalue weighted by atomic mass is 10.1. The van der Waals surface area contributed by atoms with Crippen molar-refractivity contribution < 1.29 is 18.7 Å². The number of rotatable bonds is 6. The van der Waals surface area contributed by atoms with Gasteiger partial charge in [0.1, 0.15) is 5.82 Å². The minimum Gasteiger partial charge on any atom is -0.379 e. The zero-order valence-corrected chi connectivity index (χ0v) is 21.3. The van der Waals surface area contributed by atoms with Crippen molar-refractivity contribution in [3.8, 4) is 0 Å². The van der Waals surface area contributed by atoms with Crippen molar-refractivity contribution in [3.63, 3.8) is 0 Å². The second-order valence-electron chi connectivity index (χ2n) is 8.43. The molecular weight excluding hydrogens is 514 g/mol. The first-order chi connectivity index (χ1) is 16.5. The molecule has 1 atom stereocenters. The maximum Gasteiger partial charge on any atom is 0.234 e. The number of carbonyl (C=O) groups is 2. The molecular formula is C24H25Cl2FN4O3S. The topological polar surface area (TPSA) is 66.0 Å². The van der Waals surface area contributed by atoms with Crippen molar-refractivity contribution in [2.75, 3.05) is 55.7 Å². The van der Waals surface area contributed by atoms with Crippen LogP contribution in [0.15, 0.2) is 42.5 Å². The Morgan fingerprint density at radius 3 is 2.69 bits per heavy atom. The molecule has 2 saturated heterocycles. The van der Waals surface area contributed by atoms with E-state index in [0.29, 0.717) is 42.1 Å².